The molecule has 9 rings (SSSR count). The molecule has 306 valence electrons. The number of fused-ring (bicyclic) bond motifs is 7. The molecule has 4 saturated heterocycles. The summed E-state index contributed by atoms with van der Waals surface area (Å²) in [5.74, 6) is -1.51. The molecule has 2 aromatic carbocycles. The molecule has 5 atom stereocenters. The molecule has 4 aromatic rings. The number of pyridine rings is 1. The maximum Gasteiger partial charge on any atom is 0.410 e. The number of piperazine rings is 1. The normalized spacial score (nSPS) is 25.9. The number of hydrogen-bond donors (Lipinski definition) is 0. The number of carbonyl (C=O) groups excluding carboxylic acids is 1. The minimum Gasteiger partial charge on any atom is -0.472 e. The number of terminal acetylenes is 1. The van der Waals surface area contributed by atoms with Gasteiger partial charge in [0.2, 0.25) is 5.88 Å². The van der Waals surface area contributed by atoms with Crippen molar-refractivity contribution in [2.45, 2.75) is 101 Å². The minimum atomic E-state index is -2.88. The van der Waals surface area contributed by atoms with Crippen LogP contribution in [0.4, 0.5) is 28.2 Å². The van der Waals surface area contributed by atoms with Gasteiger partial charge in [0, 0.05) is 31.0 Å². The van der Waals surface area contributed by atoms with Crippen LogP contribution < -0.4 is 19.1 Å². The Bertz CT molecular complexity index is 2390. The second-order valence-electron chi connectivity index (χ2n) is 17.0. The number of amides is 1. The van der Waals surface area contributed by atoms with Crippen molar-refractivity contribution in [3.05, 3.63) is 41.5 Å². The van der Waals surface area contributed by atoms with Crippen LogP contribution in [0.1, 0.15) is 65.4 Å². The van der Waals surface area contributed by atoms with Crippen molar-refractivity contribution >= 4 is 33.6 Å². The van der Waals surface area contributed by atoms with Gasteiger partial charge in [0.15, 0.2) is 12.6 Å². The zero-order chi connectivity index (χ0) is 40.9. The third-order valence-corrected chi connectivity index (χ3v) is 12.1. The van der Waals surface area contributed by atoms with E-state index in [0.29, 0.717) is 37.7 Å². The van der Waals surface area contributed by atoms with Crippen molar-refractivity contribution in [3.8, 4) is 41.2 Å². The number of halogens is 4. The number of carbonyl (C=O) groups is 1. The van der Waals surface area contributed by atoms with Gasteiger partial charge in [-0.15, -0.1) is 6.42 Å². The summed E-state index contributed by atoms with van der Waals surface area (Å²) in [4.78, 5) is 33.5. The van der Waals surface area contributed by atoms with Crippen LogP contribution in [0.2, 0.25) is 0 Å². The average Bonchev–Trinajstić information content (AvgIpc) is 3.75. The van der Waals surface area contributed by atoms with E-state index in [0.717, 1.165) is 6.42 Å². The lowest BCUT2D eigenvalue weighted by Crippen LogP contribution is -2.65. The van der Waals surface area contributed by atoms with Gasteiger partial charge in [0.25, 0.3) is 5.92 Å². The van der Waals surface area contributed by atoms with Crippen LogP contribution in [0.5, 0.6) is 17.6 Å². The van der Waals surface area contributed by atoms with Gasteiger partial charge in [-0.25, -0.2) is 27.3 Å². The summed E-state index contributed by atoms with van der Waals surface area (Å²) in [6, 6.07) is 4.53. The molecule has 1 amide bonds. The predicted molar refractivity (Wildman–Crippen MR) is 205 cm³/mol. The van der Waals surface area contributed by atoms with E-state index in [-0.39, 0.29) is 95.0 Å². The molecule has 7 heterocycles. The monoisotopic (exact) mass is 804 g/mol. The molecule has 5 aliphatic rings. The molecule has 4 fully saturated rings. The Kier molecular flexibility index (Phi) is 9.08. The van der Waals surface area contributed by atoms with E-state index in [1.165, 1.54) is 25.3 Å². The number of ether oxygens (including phenoxy) is 5. The van der Waals surface area contributed by atoms with Crippen LogP contribution in [0.3, 0.4) is 0 Å². The average molecular weight is 805 g/mol. The first-order valence-corrected chi connectivity index (χ1v) is 19.6. The van der Waals surface area contributed by atoms with Crippen LogP contribution >= 0.6 is 0 Å². The second-order valence-corrected chi connectivity index (χ2v) is 17.0. The van der Waals surface area contributed by atoms with E-state index >= 15 is 8.78 Å². The Morgan fingerprint density at radius 1 is 1.10 bits per heavy atom. The third kappa shape index (κ3) is 6.28. The van der Waals surface area contributed by atoms with E-state index < -0.39 is 46.9 Å². The van der Waals surface area contributed by atoms with Gasteiger partial charge in [-0.1, -0.05) is 12.0 Å². The number of anilines is 1. The number of methoxy groups -OCH3 is 1. The Morgan fingerprint density at radius 2 is 1.91 bits per heavy atom. The molecule has 0 N–H and O–H groups in total. The van der Waals surface area contributed by atoms with Crippen molar-refractivity contribution < 1.29 is 46.0 Å². The van der Waals surface area contributed by atoms with Gasteiger partial charge in [0.1, 0.15) is 52.3 Å². The number of aromatic nitrogens is 3. The zero-order valence-corrected chi connectivity index (χ0v) is 32.9. The van der Waals surface area contributed by atoms with E-state index in [2.05, 4.69) is 10.9 Å². The quantitative estimate of drug-likeness (QED) is 0.109. The maximum absolute atomic E-state index is 17.6. The molecule has 12 nitrogen and oxygen atoms in total. The van der Waals surface area contributed by atoms with Crippen molar-refractivity contribution in [1.29, 1.82) is 0 Å². The van der Waals surface area contributed by atoms with Crippen LogP contribution in [0.25, 0.3) is 32.9 Å². The molecular weight excluding hydrogens is 760 g/mol. The second kappa shape index (κ2) is 13.7. The molecule has 0 radical (unpaired) electrons. The van der Waals surface area contributed by atoms with E-state index in [1.807, 2.05) is 32.6 Å². The van der Waals surface area contributed by atoms with E-state index in [9.17, 15) is 13.6 Å². The maximum atomic E-state index is 17.6. The number of benzene rings is 2. The number of alkyl halides is 2. The van der Waals surface area contributed by atoms with Crippen LogP contribution in [-0.2, 0) is 9.47 Å². The summed E-state index contributed by atoms with van der Waals surface area (Å²) in [7, 11) is 1.45. The molecule has 1 unspecified atom stereocenters. The van der Waals surface area contributed by atoms with Gasteiger partial charge in [0.05, 0.1) is 35.8 Å². The fourth-order valence-corrected chi connectivity index (χ4v) is 9.88. The lowest BCUT2D eigenvalue weighted by Gasteiger charge is -2.48. The van der Waals surface area contributed by atoms with Gasteiger partial charge in [-0.05, 0) is 83.5 Å². The third-order valence-electron chi connectivity index (χ3n) is 12.1. The Hall–Kier alpha value is -5.14. The SMILES string of the molecule is C#Cc1c(F)ccc2cc(OCOC)cc(-c3nc4c5c(nc(OCC67CCCN6CC(F)(F)C7)nc5c3F)N3C[C@H]5CC[C@@H]([C@H]3[C@H](C)O4)N5C(=O)OC(C)(C)C)c12. The number of hydrogen-bond acceptors (Lipinski definition) is 11. The first kappa shape index (κ1) is 38.4. The summed E-state index contributed by atoms with van der Waals surface area (Å²) in [5, 5.41) is 0.833. The first-order valence-electron chi connectivity index (χ1n) is 19.6. The fourth-order valence-electron chi connectivity index (χ4n) is 9.88. The van der Waals surface area contributed by atoms with E-state index in [4.69, 9.17) is 40.1 Å². The van der Waals surface area contributed by atoms with Gasteiger partial charge in [-0.2, -0.15) is 9.97 Å². The molecule has 16 heteroatoms. The Balaban J connectivity index is 1.23. The zero-order valence-electron chi connectivity index (χ0n) is 32.9. The molecule has 5 aliphatic heterocycles. The molecule has 0 aliphatic carbocycles. The van der Waals surface area contributed by atoms with Crippen molar-refractivity contribution in [3.63, 3.8) is 0 Å². The summed E-state index contributed by atoms with van der Waals surface area (Å²) in [5.41, 5.74) is -2.12. The topological polar surface area (TPSA) is 112 Å². The molecule has 2 bridgehead atoms. The summed E-state index contributed by atoms with van der Waals surface area (Å²) in [6.45, 7) is 7.48. The highest BCUT2D eigenvalue weighted by Crippen LogP contribution is 2.49. The van der Waals surface area contributed by atoms with E-state index in [1.54, 1.807) is 15.9 Å². The first-order chi connectivity index (χ1) is 27.6. The van der Waals surface area contributed by atoms with Gasteiger partial charge >= 0.3 is 12.1 Å². The Labute approximate surface area is 332 Å². The highest BCUT2D eigenvalue weighted by molar-refractivity contribution is 6.04. The van der Waals surface area contributed by atoms with Gasteiger partial charge in [-0.3, -0.25) is 9.80 Å². The van der Waals surface area contributed by atoms with Crippen LogP contribution in [-0.4, -0.2) is 112 Å². The minimum absolute atomic E-state index is 0.000520. The standard InChI is InChI=1S/C42H44F4N6O6/c1-7-26-28(43)11-9-23-15-25(56-21-54-6)16-27(30(23)26)33-32(44)34-31-36(49-38(48-34)55-20-41-13-8-14-50(41)19-42(45,46)18-41)51-17-24-10-12-29(35(51)22(2)57-37(31)47-33)52(24)39(53)58-40(3,4)5/h1,9,11,15-16,22,24,29,35H,8,10,12-14,17-21H2,2-6H3/t22-,24+,29-,35+,41?/m0/s1. The fraction of sp³-hybridized carbons (Fsp3) is 0.524. The smallest absolute Gasteiger partial charge is 0.410 e. The molecule has 2 aromatic heterocycles. The number of nitrogens with zero attached hydrogens (tertiary/aromatic N) is 6. The lowest BCUT2D eigenvalue weighted by molar-refractivity contribution is 0.000865. The largest absolute Gasteiger partial charge is 0.472 e. The number of rotatable bonds is 7. The highest BCUT2D eigenvalue weighted by Gasteiger charge is 2.58. The molecular formula is C42H44F4N6O6. The van der Waals surface area contributed by atoms with Crippen molar-refractivity contribution in [1.82, 2.24) is 24.8 Å². The molecule has 0 saturated carbocycles. The summed E-state index contributed by atoms with van der Waals surface area (Å²) >= 11 is 0. The van der Waals surface area contributed by atoms with Crippen molar-refractivity contribution in [2.75, 3.05) is 45.0 Å². The lowest BCUT2D eigenvalue weighted by atomic mass is 9.94. The van der Waals surface area contributed by atoms with Crippen LogP contribution in [0.15, 0.2) is 24.3 Å². The highest BCUT2D eigenvalue weighted by atomic mass is 19.3. The van der Waals surface area contributed by atoms with Crippen LogP contribution in [0, 0.1) is 24.0 Å². The summed E-state index contributed by atoms with van der Waals surface area (Å²) in [6.07, 6.45) is 6.96. The predicted octanol–water partition coefficient (Wildman–Crippen LogP) is 7.08. The van der Waals surface area contributed by atoms with Crippen molar-refractivity contribution in [2.24, 2.45) is 0 Å². The molecule has 0 spiro atoms. The summed E-state index contributed by atoms with van der Waals surface area (Å²) < 4.78 is 92.3. The molecule has 58 heavy (non-hydrogen) atoms. The Morgan fingerprint density at radius 3 is 2.67 bits per heavy atom. The van der Waals surface area contributed by atoms with Gasteiger partial charge < -0.3 is 28.6 Å².